The van der Waals surface area contributed by atoms with Crippen molar-refractivity contribution in [2.24, 2.45) is 0 Å². The molecule has 7 nitrogen and oxygen atoms in total. The molecule has 0 spiro atoms. The fourth-order valence-electron chi connectivity index (χ4n) is 5.06. The van der Waals surface area contributed by atoms with Crippen LogP contribution in [0.4, 0.5) is 10.2 Å². The molecule has 39 heavy (non-hydrogen) atoms. The number of anilines is 1. The number of rotatable bonds is 6. The SMILES string of the molecule is N#Cc1nccc(NC2CCN(Cc3ccc(-c4nc5ncc(F)cc5cc4-c4ccccc4)cc3)CC2)n1. The van der Waals surface area contributed by atoms with Gasteiger partial charge in [0, 0.05) is 48.4 Å². The van der Waals surface area contributed by atoms with Gasteiger partial charge in [0.05, 0.1) is 11.9 Å². The summed E-state index contributed by atoms with van der Waals surface area (Å²) in [5, 5.41) is 13.1. The van der Waals surface area contributed by atoms with Crippen LogP contribution in [0.25, 0.3) is 33.4 Å². The van der Waals surface area contributed by atoms with E-state index < -0.39 is 0 Å². The van der Waals surface area contributed by atoms with Crippen LogP contribution < -0.4 is 5.32 Å². The van der Waals surface area contributed by atoms with Gasteiger partial charge in [-0.15, -0.1) is 0 Å². The molecular formula is C31H26FN7. The molecule has 0 unspecified atom stereocenters. The van der Waals surface area contributed by atoms with Gasteiger partial charge in [0.1, 0.15) is 17.7 Å². The molecule has 4 heterocycles. The van der Waals surface area contributed by atoms with Gasteiger partial charge >= 0.3 is 0 Å². The maximum Gasteiger partial charge on any atom is 0.234 e. The number of fused-ring (bicyclic) bond motifs is 1. The molecule has 3 aromatic heterocycles. The molecule has 0 atom stereocenters. The van der Waals surface area contributed by atoms with Gasteiger partial charge in [0.25, 0.3) is 0 Å². The predicted octanol–water partition coefficient (Wildman–Crippen LogP) is 5.84. The van der Waals surface area contributed by atoms with Crippen LogP contribution >= 0.6 is 0 Å². The van der Waals surface area contributed by atoms with Gasteiger partial charge in [-0.2, -0.15) is 5.26 Å². The van der Waals surface area contributed by atoms with E-state index in [0.29, 0.717) is 22.9 Å². The van der Waals surface area contributed by atoms with Crippen molar-refractivity contribution < 1.29 is 4.39 Å². The second kappa shape index (κ2) is 10.9. The van der Waals surface area contributed by atoms with Gasteiger partial charge in [0.2, 0.25) is 5.82 Å². The zero-order valence-corrected chi connectivity index (χ0v) is 21.3. The highest BCUT2D eigenvalue weighted by Crippen LogP contribution is 2.33. The molecule has 8 heteroatoms. The highest BCUT2D eigenvalue weighted by Gasteiger charge is 2.20. The molecule has 6 rings (SSSR count). The third kappa shape index (κ3) is 5.59. The van der Waals surface area contributed by atoms with Crippen LogP contribution in [0.1, 0.15) is 24.2 Å². The van der Waals surface area contributed by atoms with Crippen LogP contribution in [0.15, 0.2) is 85.2 Å². The lowest BCUT2D eigenvalue weighted by molar-refractivity contribution is 0.211. The monoisotopic (exact) mass is 515 g/mol. The number of piperidine rings is 1. The van der Waals surface area contributed by atoms with E-state index >= 15 is 0 Å². The number of hydrogen-bond donors (Lipinski definition) is 1. The molecule has 1 fully saturated rings. The number of benzene rings is 2. The Labute approximate surface area is 226 Å². The average Bonchev–Trinajstić information content (AvgIpc) is 2.98. The largest absolute Gasteiger partial charge is 0.367 e. The number of hydrogen-bond acceptors (Lipinski definition) is 7. The Balaban J connectivity index is 1.16. The van der Waals surface area contributed by atoms with Gasteiger partial charge in [-0.3, -0.25) is 4.90 Å². The van der Waals surface area contributed by atoms with E-state index in [1.807, 2.05) is 42.5 Å². The normalized spacial score (nSPS) is 14.3. The number of pyridine rings is 2. The minimum absolute atomic E-state index is 0.181. The third-order valence-corrected chi connectivity index (χ3v) is 7.05. The summed E-state index contributed by atoms with van der Waals surface area (Å²) in [6.45, 7) is 2.82. The van der Waals surface area contributed by atoms with Crippen molar-refractivity contribution in [2.45, 2.75) is 25.4 Å². The number of aromatic nitrogens is 4. The second-order valence-corrected chi connectivity index (χ2v) is 9.72. The average molecular weight is 516 g/mol. The van der Waals surface area contributed by atoms with Crippen molar-refractivity contribution in [2.75, 3.05) is 18.4 Å². The summed E-state index contributed by atoms with van der Waals surface area (Å²) in [6.07, 6.45) is 4.82. The first-order chi connectivity index (χ1) is 19.1. The molecule has 0 aliphatic carbocycles. The van der Waals surface area contributed by atoms with Crippen molar-refractivity contribution in [1.82, 2.24) is 24.8 Å². The van der Waals surface area contributed by atoms with Crippen molar-refractivity contribution in [3.05, 3.63) is 102 Å². The zero-order valence-electron chi connectivity index (χ0n) is 21.3. The molecular weight excluding hydrogens is 489 g/mol. The molecule has 1 N–H and O–H groups in total. The fourth-order valence-corrected chi connectivity index (χ4v) is 5.06. The van der Waals surface area contributed by atoms with Crippen molar-refractivity contribution in [3.8, 4) is 28.5 Å². The fraction of sp³-hybridized carbons (Fsp3) is 0.194. The number of halogens is 1. The van der Waals surface area contributed by atoms with E-state index in [4.69, 9.17) is 10.2 Å². The molecule has 2 aromatic carbocycles. The number of nitriles is 1. The Morgan fingerprint density at radius 3 is 2.49 bits per heavy atom. The summed E-state index contributed by atoms with van der Waals surface area (Å²) in [4.78, 5) is 19.7. The quantitative estimate of drug-likeness (QED) is 0.304. The van der Waals surface area contributed by atoms with Gasteiger partial charge in [-0.25, -0.2) is 24.3 Å². The summed E-state index contributed by atoms with van der Waals surface area (Å²) in [7, 11) is 0. The minimum Gasteiger partial charge on any atom is -0.367 e. The second-order valence-electron chi connectivity index (χ2n) is 9.72. The van der Waals surface area contributed by atoms with Crippen LogP contribution in [-0.4, -0.2) is 44.0 Å². The van der Waals surface area contributed by atoms with Gasteiger partial charge in [-0.05, 0) is 42.2 Å². The summed E-state index contributed by atoms with van der Waals surface area (Å²) < 4.78 is 13.9. The number of nitrogens with one attached hydrogen (secondary N) is 1. The summed E-state index contributed by atoms with van der Waals surface area (Å²) >= 11 is 0. The predicted molar refractivity (Wildman–Crippen MR) is 149 cm³/mol. The van der Waals surface area contributed by atoms with E-state index in [0.717, 1.165) is 54.9 Å². The molecule has 1 aliphatic rings. The molecule has 0 radical (unpaired) electrons. The molecule has 1 saturated heterocycles. The Morgan fingerprint density at radius 1 is 0.923 bits per heavy atom. The van der Waals surface area contributed by atoms with Crippen LogP contribution in [-0.2, 0) is 6.54 Å². The van der Waals surface area contributed by atoms with Crippen molar-refractivity contribution >= 4 is 16.9 Å². The van der Waals surface area contributed by atoms with Crippen LogP contribution in [0.3, 0.4) is 0 Å². The van der Waals surface area contributed by atoms with Crippen LogP contribution in [0.2, 0.25) is 0 Å². The molecule has 1 aliphatic heterocycles. The first-order valence-corrected chi connectivity index (χ1v) is 13.0. The van der Waals surface area contributed by atoms with Gasteiger partial charge < -0.3 is 5.32 Å². The lowest BCUT2D eigenvalue weighted by atomic mass is 9.97. The van der Waals surface area contributed by atoms with E-state index in [9.17, 15) is 4.39 Å². The zero-order chi connectivity index (χ0) is 26.6. The Hall–Kier alpha value is -4.74. The van der Waals surface area contributed by atoms with Gasteiger partial charge in [0.15, 0.2) is 5.65 Å². The van der Waals surface area contributed by atoms with E-state index in [-0.39, 0.29) is 11.6 Å². The molecule has 0 amide bonds. The summed E-state index contributed by atoms with van der Waals surface area (Å²) in [5.74, 6) is 0.510. The molecule has 192 valence electrons. The van der Waals surface area contributed by atoms with Crippen molar-refractivity contribution in [1.29, 1.82) is 5.26 Å². The molecule has 5 aromatic rings. The van der Waals surface area contributed by atoms with E-state index in [1.54, 1.807) is 12.3 Å². The number of likely N-dealkylation sites (tertiary alicyclic amines) is 1. The standard InChI is InChI=1S/C31H26FN7/c32-25-16-24-17-27(22-4-2-1-3-5-22)30(38-31(24)35-19-25)23-8-6-21(7-9-23)20-39-14-11-26(12-15-39)36-28-10-13-34-29(18-33)37-28/h1-10,13,16-17,19,26H,11-12,14-15,20H2,(H,34,36,37). The maximum atomic E-state index is 13.9. The minimum atomic E-state index is -0.373. The van der Waals surface area contributed by atoms with E-state index in [2.05, 4.69) is 49.4 Å². The molecule has 0 saturated carbocycles. The topological polar surface area (TPSA) is 90.6 Å². The Kier molecular flexibility index (Phi) is 6.89. The maximum absolute atomic E-state index is 13.9. The Bertz CT molecular complexity index is 1640. The van der Waals surface area contributed by atoms with Crippen LogP contribution in [0, 0.1) is 17.1 Å². The summed E-state index contributed by atoms with van der Waals surface area (Å²) in [5.41, 5.74) is 5.56. The Morgan fingerprint density at radius 2 is 1.72 bits per heavy atom. The lowest BCUT2D eigenvalue weighted by Crippen LogP contribution is -2.38. The highest BCUT2D eigenvalue weighted by molar-refractivity contribution is 5.90. The molecule has 0 bridgehead atoms. The first-order valence-electron chi connectivity index (χ1n) is 13.0. The van der Waals surface area contributed by atoms with E-state index in [1.165, 1.54) is 17.8 Å². The number of nitrogens with zero attached hydrogens (tertiary/aromatic N) is 6. The summed E-state index contributed by atoms with van der Waals surface area (Å²) in [6, 6.07) is 26.1. The van der Waals surface area contributed by atoms with Gasteiger partial charge in [-0.1, -0.05) is 54.6 Å². The first kappa shape index (κ1) is 24.6. The van der Waals surface area contributed by atoms with Crippen LogP contribution in [0.5, 0.6) is 0 Å². The highest BCUT2D eigenvalue weighted by atomic mass is 19.1. The third-order valence-electron chi connectivity index (χ3n) is 7.05. The van der Waals surface area contributed by atoms with Crippen molar-refractivity contribution in [3.63, 3.8) is 0 Å². The lowest BCUT2D eigenvalue weighted by Gasteiger charge is -2.32. The smallest absolute Gasteiger partial charge is 0.234 e.